The number of ether oxygens (including phenoxy) is 1. The van der Waals surface area contributed by atoms with E-state index in [1.165, 1.54) is 7.11 Å². The molecule has 0 amide bonds. The molecule has 80 valence electrons. The van der Waals surface area contributed by atoms with Crippen molar-refractivity contribution in [2.45, 2.75) is 0 Å². The van der Waals surface area contributed by atoms with Crippen LogP contribution in [-0.2, 0) is 16.6 Å². The van der Waals surface area contributed by atoms with E-state index in [1.54, 1.807) is 4.68 Å². The predicted molar refractivity (Wildman–Crippen MR) is 59.6 cm³/mol. The van der Waals surface area contributed by atoms with Gasteiger partial charge in [-0.15, -0.1) is 0 Å². The number of nitrogens with zero attached hydrogens (tertiary/aromatic N) is 2. The maximum Gasteiger partial charge on any atom is 0.384 e. The van der Waals surface area contributed by atoms with Crippen LogP contribution >= 0.6 is 0 Å². The van der Waals surface area contributed by atoms with Gasteiger partial charge in [0.05, 0.1) is 12.6 Å². The Hall–Kier alpha value is -2.28. The van der Waals surface area contributed by atoms with Crippen LogP contribution in [0.4, 0.5) is 0 Å². The molecule has 0 radical (unpaired) electrons. The number of benzene rings is 1. The molecular formula is C12H10N2O2. The van der Waals surface area contributed by atoms with Crippen LogP contribution in [0.25, 0.3) is 10.9 Å². The van der Waals surface area contributed by atoms with Gasteiger partial charge in [-0.25, -0.2) is 4.79 Å². The highest BCUT2D eigenvalue weighted by Crippen LogP contribution is 2.16. The van der Waals surface area contributed by atoms with E-state index in [4.69, 9.17) is 0 Å². The van der Waals surface area contributed by atoms with Gasteiger partial charge < -0.3 is 4.74 Å². The highest BCUT2D eigenvalue weighted by Gasteiger charge is 2.04. The molecule has 1 aromatic heterocycles. The van der Waals surface area contributed by atoms with E-state index < -0.39 is 5.97 Å². The van der Waals surface area contributed by atoms with Gasteiger partial charge in [0.15, 0.2) is 0 Å². The van der Waals surface area contributed by atoms with Gasteiger partial charge in [0.1, 0.15) is 5.69 Å². The number of aryl methyl sites for hydroxylation is 1. The van der Waals surface area contributed by atoms with Crippen LogP contribution in [0.5, 0.6) is 0 Å². The standard InChI is InChI=1S/C12H10N2O2/c1-14-11-6-4-3-5-9(11)10(13-14)7-8-12(15)16-2/h3-6H,1-2H3. The Morgan fingerprint density at radius 2 is 2.19 bits per heavy atom. The Kier molecular flexibility index (Phi) is 2.61. The van der Waals surface area contributed by atoms with Crippen molar-refractivity contribution in [1.29, 1.82) is 0 Å². The first-order chi connectivity index (χ1) is 7.72. The van der Waals surface area contributed by atoms with Crippen LogP contribution in [-0.4, -0.2) is 22.9 Å². The fourth-order valence-electron chi connectivity index (χ4n) is 1.47. The molecule has 0 aliphatic rings. The SMILES string of the molecule is COC(=O)C#Cc1nn(C)c2ccccc12. The van der Waals surface area contributed by atoms with Crippen molar-refractivity contribution in [2.24, 2.45) is 7.05 Å². The van der Waals surface area contributed by atoms with E-state index >= 15 is 0 Å². The zero-order valence-electron chi connectivity index (χ0n) is 9.02. The van der Waals surface area contributed by atoms with Crippen LogP contribution in [0.3, 0.4) is 0 Å². The van der Waals surface area contributed by atoms with Crippen LogP contribution < -0.4 is 0 Å². The topological polar surface area (TPSA) is 44.1 Å². The highest BCUT2D eigenvalue weighted by atomic mass is 16.5. The van der Waals surface area contributed by atoms with Crippen molar-refractivity contribution < 1.29 is 9.53 Å². The molecule has 0 spiro atoms. The summed E-state index contributed by atoms with van der Waals surface area (Å²) in [6, 6.07) is 7.71. The lowest BCUT2D eigenvalue weighted by Gasteiger charge is -1.89. The van der Waals surface area contributed by atoms with Crippen molar-refractivity contribution in [2.75, 3.05) is 7.11 Å². The number of hydrogen-bond donors (Lipinski definition) is 0. The molecule has 0 bridgehead atoms. The maximum atomic E-state index is 10.9. The number of carbonyl (C=O) groups is 1. The van der Waals surface area contributed by atoms with E-state index in [0.717, 1.165) is 10.9 Å². The Bertz CT molecular complexity index is 602. The van der Waals surface area contributed by atoms with Gasteiger partial charge in [-0.05, 0) is 18.1 Å². The molecule has 1 aromatic carbocycles. The number of aromatic nitrogens is 2. The Morgan fingerprint density at radius 3 is 2.94 bits per heavy atom. The summed E-state index contributed by atoms with van der Waals surface area (Å²) in [5, 5.41) is 5.16. The second kappa shape index (κ2) is 4.07. The minimum Gasteiger partial charge on any atom is -0.459 e. The number of esters is 1. The minimum absolute atomic E-state index is 0.560. The number of rotatable bonds is 0. The lowest BCUT2D eigenvalue weighted by molar-refractivity contribution is -0.133. The third kappa shape index (κ3) is 1.75. The first kappa shape index (κ1) is 10.2. The summed E-state index contributed by atoms with van der Waals surface area (Å²) >= 11 is 0. The molecule has 0 aliphatic carbocycles. The van der Waals surface area contributed by atoms with Crippen LogP contribution in [0.15, 0.2) is 24.3 Å². The molecule has 16 heavy (non-hydrogen) atoms. The van der Waals surface area contributed by atoms with Crippen molar-refractivity contribution in [3.63, 3.8) is 0 Å². The number of carbonyl (C=O) groups excluding carboxylic acids is 1. The fraction of sp³-hybridized carbons (Fsp3) is 0.167. The molecule has 4 heteroatoms. The monoisotopic (exact) mass is 214 g/mol. The molecule has 0 saturated heterocycles. The minimum atomic E-state index is -0.560. The smallest absolute Gasteiger partial charge is 0.384 e. The molecule has 1 heterocycles. The van der Waals surface area contributed by atoms with Gasteiger partial charge in [-0.3, -0.25) is 4.68 Å². The lowest BCUT2D eigenvalue weighted by atomic mass is 10.2. The summed E-state index contributed by atoms with van der Waals surface area (Å²) in [6.45, 7) is 0. The van der Waals surface area contributed by atoms with Gasteiger partial charge in [-0.2, -0.15) is 5.10 Å². The molecule has 0 aliphatic heterocycles. The van der Waals surface area contributed by atoms with Crippen LogP contribution in [0, 0.1) is 11.8 Å². The van der Waals surface area contributed by atoms with Gasteiger partial charge in [0.25, 0.3) is 0 Å². The first-order valence-corrected chi connectivity index (χ1v) is 4.74. The third-order valence-electron chi connectivity index (χ3n) is 2.23. The fourth-order valence-corrected chi connectivity index (χ4v) is 1.47. The van der Waals surface area contributed by atoms with E-state index in [-0.39, 0.29) is 0 Å². The molecular weight excluding hydrogens is 204 g/mol. The normalized spacial score (nSPS) is 9.62. The molecule has 0 N–H and O–H groups in total. The lowest BCUT2D eigenvalue weighted by Crippen LogP contribution is -1.95. The third-order valence-corrected chi connectivity index (χ3v) is 2.23. The molecule has 2 aromatic rings. The number of para-hydroxylation sites is 1. The molecule has 4 nitrogen and oxygen atoms in total. The van der Waals surface area contributed by atoms with Crippen molar-refractivity contribution in [1.82, 2.24) is 9.78 Å². The zero-order chi connectivity index (χ0) is 11.5. The Morgan fingerprint density at radius 1 is 1.44 bits per heavy atom. The summed E-state index contributed by atoms with van der Waals surface area (Å²) < 4.78 is 6.18. The first-order valence-electron chi connectivity index (χ1n) is 4.74. The van der Waals surface area contributed by atoms with Crippen LogP contribution in [0.1, 0.15) is 5.69 Å². The van der Waals surface area contributed by atoms with Gasteiger partial charge >= 0.3 is 5.97 Å². The van der Waals surface area contributed by atoms with E-state index in [0.29, 0.717) is 5.69 Å². The van der Waals surface area contributed by atoms with Crippen molar-refractivity contribution in [3.8, 4) is 11.8 Å². The summed E-state index contributed by atoms with van der Waals surface area (Å²) in [7, 11) is 3.14. The number of methoxy groups -OCH3 is 1. The zero-order valence-corrected chi connectivity index (χ0v) is 9.02. The largest absolute Gasteiger partial charge is 0.459 e. The summed E-state index contributed by atoms with van der Waals surface area (Å²) in [6.07, 6.45) is 0. The maximum absolute atomic E-state index is 10.9. The van der Waals surface area contributed by atoms with E-state index in [1.807, 2.05) is 31.3 Å². The second-order valence-corrected chi connectivity index (χ2v) is 3.23. The molecule has 0 fully saturated rings. The van der Waals surface area contributed by atoms with Gasteiger partial charge in [0.2, 0.25) is 0 Å². The Balaban J connectivity index is 2.52. The van der Waals surface area contributed by atoms with Gasteiger partial charge in [-0.1, -0.05) is 12.1 Å². The van der Waals surface area contributed by atoms with Gasteiger partial charge in [0, 0.05) is 18.4 Å². The molecule has 0 atom stereocenters. The summed E-state index contributed by atoms with van der Waals surface area (Å²) in [5.74, 6) is 4.51. The van der Waals surface area contributed by atoms with Crippen LogP contribution in [0.2, 0.25) is 0 Å². The molecule has 0 saturated carbocycles. The van der Waals surface area contributed by atoms with Crippen molar-refractivity contribution in [3.05, 3.63) is 30.0 Å². The van der Waals surface area contributed by atoms with E-state index in [2.05, 4.69) is 21.7 Å². The second-order valence-electron chi connectivity index (χ2n) is 3.23. The quantitative estimate of drug-likeness (QED) is 0.487. The number of hydrogen-bond acceptors (Lipinski definition) is 3. The average Bonchev–Trinajstić information content (AvgIpc) is 2.64. The average molecular weight is 214 g/mol. The Labute approximate surface area is 92.8 Å². The predicted octanol–water partition coefficient (Wildman–Crippen LogP) is 1.10. The molecule has 0 unspecified atom stereocenters. The van der Waals surface area contributed by atoms with E-state index in [9.17, 15) is 4.79 Å². The number of fused-ring (bicyclic) bond motifs is 1. The van der Waals surface area contributed by atoms with Crippen molar-refractivity contribution >= 4 is 16.9 Å². The summed E-state index contributed by atoms with van der Waals surface area (Å²) in [5.41, 5.74) is 1.57. The molecule has 2 rings (SSSR count). The highest BCUT2D eigenvalue weighted by molar-refractivity contribution is 5.91. The summed E-state index contributed by atoms with van der Waals surface area (Å²) in [4.78, 5) is 10.9.